The molecule has 2 aromatic heterocycles. The largest absolute Gasteiger partial charge is 0.497 e. The standard InChI is InChI=1S/C25H25N5O5/c1-14(2)12-30-20-9-4-15(10-19(20)26-23(32)25(30)33)22-27-24(35-28-22)16-11-21(31)29(13-16)17-5-7-18(34-3)8-6-17/h4-10,14,16H,11-13H2,1-3H3,(H,26,32)/t16-/m1/s1. The molecule has 0 unspecified atom stereocenters. The van der Waals surface area contributed by atoms with Crippen molar-refractivity contribution in [2.75, 3.05) is 18.6 Å². The maximum Gasteiger partial charge on any atom is 0.316 e. The van der Waals surface area contributed by atoms with E-state index in [1.807, 2.05) is 38.1 Å². The van der Waals surface area contributed by atoms with Crippen LogP contribution in [0.5, 0.6) is 5.75 Å². The summed E-state index contributed by atoms with van der Waals surface area (Å²) in [5.74, 6) is 1.39. The van der Waals surface area contributed by atoms with Gasteiger partial charge in [0.2, 0.25) is 17.6 Å². The molecule has 1 amide bonds. The van der Waals surface area contributed by atoms with Crippen LogP contribution in [0.4, 0.5) is 5.69 Å². The fourth-order valence-electron chi connectivity index (χ4n) is 4.37. The van der Waals surface area contributed by atoms with Crippen molar-refractivity contribution in [2.24, 2.45) is 5.92 Å². The number of benzene rings is 2. The van der Waals surface area contributed by atoms with E-state index < -0.39 is 11.1 Å². The van der Waals surface area contributed by atoms with E-state index in [0.29, 0.717) is 41.4 Å². The summed E-state index contributed by atoms with van der Waals surface area (Å²) in [6.07, 6.45) is 0.264. The Kier molecular flexibility index (Phi) is 5.72. The van der Waals surface area contributed by atoms with Gasteiger partial charge < -0.3 is 23.7 Å². The minimum atomic E-state index is -0.674. The van der Waals surface area contributed by atoms with Crippen molar-refractivity contribution in [3.63, 3.8) is 0 Å². The van der Waals surface area contributed by atoms with Gasteiger partial charge in [-0.05, 0) is 48.4 Å². The fraction of sp³-hybridized carbons (Fsp3) is 0.320. The van der Waals surface area contributed by atoms with E-state index in [0.717, 1.165) is 11.4 Å². The second-order valence-electron chi connectivity index (χ2n) is 9.06. The van der Waals surface area contributed by atoms with Crippen LogP contribution in [-0.2, 0) is 11.3 Å². The average Bonchev–Trinajstić information content (AvgIpc) is 3.48. The van der Waals surface area contributed by atoms with E-state index in [4.69, 9.17) is 9.26 Å². The lowest BCUT2D eigenvalue weighted by molar-refractivity contribution is -0.117. The number of rotatable bonds is 6. The van der Waals surface area contributed by atoms with Gasteiger partial charge in [-0.25, -0.2) is 0 Å². The Hall–Kier alpha value is -4.21. The molecule has 10 heteroatoms. The van der Waals surface area contributed by atoms with E-state index in [1.54, 1.807) is 30.2 Å². The van der Waals surface area contributed by atoms with Gasteiger partial charge in [-0.15, -0.1) is 0 Å². The van der Waals surface area contributed by atoms with E-state index in [2.05, 4.69) is 15.1 Å². The maximum absolute atomic E-state index is 12.6. The molecule has 0 saturated carbocycles. The molecular weight excluding hydrogens is 450 g/mol. The van der Waals surface area contributed by atoms with Gasteiger partial charge in [-0.3, -0.25) is 14.4 Å². The highest BCUT2D eigenvalue weighted by molar-refractivity contribution is 5.96. The summed E-state index contributed by atoms with van der Waals surface area (Å²) in [6, 6.07) is 12.6. The molecular formula is C25H25N5O5. The molecule has 1 atom stereocenters. The van der Waals surface area contributed by atoms with Crippen LogP contribution in [0.25, 0.3) is 22.4 Å². The third-order valence-corrected chi connectivity index (χ3v) is 6.08. The molecule has 3 heterocycles. The third kappa shape index (κ3) is 4.23. The smallest absolute Gasteiger partial charge is 0.316 e. The van der Waals surface area contributed by atoms with Crippen LogP contribution in [0.3, 0.4) is 0 Å². The van der Waals surface area contributed by atoms with Gasteiger partial charge in [0.15, 0.2) is 0 Å². The number of anilines is 1. The molecule has 2 aromatic carbocycles. The molecule has 0 aliphatic carbocycles. The Balaban J connectivity index is 1.41. The zero-order chi connectivity index (χ0) is 24.7. The molecule has 0 spiro atoms. The van der Waals surface area contributed by atoms with Crippen LogP contribution >= 0.6 is 0 Å². The van der Waals surface area contributed by atoms with Crippen molar-refractivity contribution in [1.29, 1.82) is 0 Å². The van der Waals surface area contributed by atoms with Gasteiger partial charge >= 0.3 is 11.1 Å². The van der Waals surface area contributed by atoms with E-state index in [-0.39, 0.29) is 24.2 Å². The molecule has 35 heavy (non-hydrogen) atoms. The molecule has 1 aliphatic rings. The monoisotopic (exact) mass is 475 g/mol. The highest BCUT2D eigenvalue weighted by Crippen LogP contribution is 2.33. The van der Waals surface area contributed by atoms with Gasteiger partial charge in [-0.2, -0.15) is 4.98 Å². The molecule has 0 bridgehead atoms. The van der Waals surface area contributed by atoms with E-state index >= 15 is 0 Å². The average molecular weight is 476 g/mol. The van der Waals surface area contributed by atoms with Gasteiger partial charge in [-0.1, -0.05) is 19.0 Å². The van der Waals surface area contributed by atoms with Crippen LogP contribution in [0.15, 0.2) is 56.6 Å². The minimum absolute atomic E-state index is 0.0219. The number of nitrogens with one attached hydrogen (secondary N) is 1. The highest BCUT2D eigenvalue weighted by atomic mass is 16.5. The molecule has 10 nitrogen and oxygen atoms in total. The van der Waals surface area contributed by atoms with Crippen molar-refractivity contribution in [3.8, 4) is 17.1 Å². The van der Waals surface area contributed by atoms with Crippen molar-refractivity contribution >= 4 is 22.6 Å². The van der Waals surface area contributed by atoms with E-state index in [1.165, 1.54) is 4.57 Å². The number of fused-ring (bicyclic) bond motifs is 1. The number of amides is 1. The molecule has 5 rings (SSSR count). The SMILES string of the molecule is COc1ccc(N2C[C@H](c3nc(-c4ccc5c(c4)[nH]c(=O)c(=O)n5CC(C)C)no3)CC2=O)cc1. The Morgan fingerprint density at radius 3 is 2.63 bits per heavy atom. The number of carbonyl (C=O) groups is 1. The lowest BCUT2D eigenvalue weighted by Gasteiger charge is -2.16. The summed E-state index contributed by atoms with van der Waals surface area (Å²) in [5, 5.41) is 4.10. The van der Waals surface area contributed by atoms with Crippen molar-refractivity contribution in [2.45, 2.75) is 32.7 Å². The van der Waals surface area contributed by atoms with Crippen LogP contribution < -0.4 is 20.8 Å². The second-order valence-corrected chi connectivity index (χ2v) is 9.06. The van der Waals surface area contributed by atoms with Gasteiger partial charge in [0.25, 0.3) is 0 Å². The quantitative estimate of drug-likeness (QED) is 0.425. The Labute approximate surface area is 200 Å². The van der Waals surface area contributed by atoms with Gasteiger partial charge in [0, 0.05) is 30.8 Å². The van der Waals surface area contributed by atoms with Gasteiger partial charge in [0.05, 0.1) is 24.1 Å². The molecule has 180 valence electrons. The first kappa shape index (κ1) is 22.6. The Bertz CT molecular complexity index is 1520. The summed E-state index contributed by atoms with van der Waals surface area (Å²) < 4.78 is 12.2. The second kappa shape index (κ2) is 8.86. The predicted molar refractivity (Wildman–Crippen MR) is 130 cm³/mol. The summed E-state index contributed by atoms with van der Waals surface area (Å²) in [4.78, 5) is 46.1. The molecule has 1 fully saturated rings. The van der Waals surface area contributed by atoms with Crippen molar-refractivity contribution < 1.29 is 14.1 Å². The molecule has 1 N–H and O–H groups in total. The number of ether oxygens (including phenoxy) is 1. The zero-order valence-corrected chi connectivity index (χ0v) is 19.6. The van der Waals surface area contributed by atoms with Gasteiger partial charge in [0.1, 0.15) is 5.75 Å². The molecule has 1 saturated heterocycles. The first-order valence-corrected chi connectivity index (χ1v) is 11.4. The summed E-state index contributed by atoms with van der Waals surface area (Å²) in [6.45, 7) is 4.83. The number of aromatic amines is 1. The first-order chi connectivity index (χ1) is 16.8. The number of nitrogens with zero attached hydrogens (tertiary/aromatic N) is 4. The number of aromatic nitrogens is 4. The number of carbonyl (C=O) groups excluding carboxylic acids is 1. The first-order valence-electron chi connectivity index (χ1n) is 11.4. The normalized spacial score (nSPS) is 15.9. The molecule has 1 aliphatic heterocycles. The number of hydrogen-bond acceptors (Lipinski definition) is 7. The number of H-pyrrole nitrogens is 1. The minimum Gasteiger partial charge on any atom is -0.497 e. The van der Waals surface area contributed by atoms with Crippen molar-refractivity contribution in [3.05, 3.63) is 69.1 Å². The number of hydrogen-bond donors (Lipinski definition) is 1. The third-order valence-electron chi connectivity index (χ3n) is 6.08. The molecule has 0 radical (unpaired) electrons. The van der Waals surface area contributed by atoms with Crippen LogP contribution in [-0.4, -0.2) is 39.3 Å². The predicted octanol–water partition coefficient (Wildman–Crippen LogP) is 2.92. The van der Waals surface area contributed by atoms with E-state index in [9.17, 15) is 14.4 Å². The summed E-state index contributed by atoms with van der Waals surface area (Å²) in [7, 11) is 1.59. The topological polar surface area (TPSA) is 123 Å². The van der Waals surface area contributed by atoms with Crippen molar-refractivity contribution in [1.82, 2.24) is 19.7 Å². The van der Waals surface area contributed by atoms with Crippen LogP contribution in [0.2, 0.25) is 0 Å². The number of methoxy groups -OCH3 is 1. The highest BCUT2D eigenvalue weighted by Gasteiger charge is 2.35. The van der Waals surface area contributed by atoms with Crippen LogP contribution in [0.1, 0.15) is 32.1 Å². The Morgan fingerprint density at radius 1 is 1.14 bits per heavy atom. The summed E-state index contributed by atoms with van der Waals surface area (Å²) >= 11 is 0. The van der Waals surface area contributed by atoms with Crippen LogP contribution in [0, 0.1) is 5.92 Å². The Morgan fingerprint density at radius 2 is 1.91 bits per heavy atom. The summed E-state index contributed by atoms with van der Waals surface area (Å²) in [5.41, 5.74) is 1.31. The molecule has 4 aromatic rings. The maximum atomic E-state index is 12.6. The lowest BCUT2D eigenvalue weighted by atomic mass is 10.1. The fourth-order valence-corrected chi connectivity index (χ4v) is 4.37. The lowest BCUT2D eigenvalue weighted by Crippen LogP contribution is -2.37. The zero-order valence-electron chi connectivity index (χ0n) is 19.6.